The number of rotatable bonds is 1. The molecule has 0 amide bonds. The van der Waals surface area contributed by atoms with Gasteiger partial charge in [-0.3, -0.25) is 0 Å². The minimum atomic E-state index is -0.426. The van der Waals surface area contributed by atoms with Crippen molar-refractivity contribution in [2.75, 3.05) is 0 Å². The van der Waals surface area contributed by atoms with Gasteiger partial charge in [-0.2, -0.15) is 0 Å². The molecule has 3 radical (unpaired) electrons. The van der Waals surface area contributed by atoms with Gasteiger partial charge in [0.25, 0.3) is 0 Å². The maximum Gasteiger partial charge on any atom is 0.415 e. The van der Waals surface area contributed by atoms with Gasteiger partial charge in [0, 0.05) is 0 Å². The zero-order valence-electron chi connectivity index (χ0n) is 2.43. The van der Waals surface area contributed by atoms with E-state index in [0.29, 0.717) is 0 Å². The fraction of sp³-hybridized carbons (Fsp3) is 0. The van der Waals surface area contributed by atoms with Gasteiger partial charge in [0.2, 0.25) is 10.4 Å². The molecular formula is H3NOP2Si+. The van der Waals surface area contributed by atoms with E-state index >= 15 is 0 Å². The summed E-state index contributed by atoms with van der Waals surface area (Å²) >= 11 is 0. The lowest BCUT2D eigenvalue weighted by Gasteiger charge is -1.74. The van der Waals surface area contributed by atoms with Crippen LogP contribution in [0.3, 0.4) is 0 Å². The van der Waals surface area contributed by atoms with E-state index in [-0.39, 0.29) is 0 Å². The topological polar surface area (TPSA) is 20.3 Å². The molecule has 0 spiro atoms. The summed E-state index contributed by atoms with van der Waals surface area (Å²) in [7, 11) is 4.67. The Bertz CT molecular complexity index is 36.6. The second kappa shape index (κ2) is 2.92. The van der Waals surface area contributed by atoms with E-state index in [1.807, 2.05) is 0 Å². The molecule has 0 N–H and O–H groups in total. The van der Waals surface area contributed by atoms with E-state index in [9.17, 15) is 4.57 Å². The fourth-order valence-electron chi connectivity index (χ4n) is 0. The van der Waals surface area contributed by atoms with E-state index < -0.39 is 8.61 Å². The molecule has 0 aromatic carbocycles. The van der Waals surface area contributed by atoms with Crippen molar-refractivity contribution in [2.45, 2.75) is 0 Å². The highest BCUT2D eigenvalue weighted by molar-refractivity contribution is 7.37. The SMILES string of the molecule is O=[PH+]N([Si])P. The van der Waals surface area contributed by atoms with Gasteiger partial charge in [-0.25, -0.2) is 0 Å². The third kappa shape index (κ3) is 4.71. The zero-order chi connectivity index (χ0) is 4.28. The summed E-state index contributed by atoms with van der Waals surface area (Å²) in [5.74, 6) is 0. The summed E-state index contributed by atoms with van der Waals surface area (Å²) in [6.07, 6.45) is 0. The zero-order valence-corrected chi connectivity index (χ0v) is 5.59. The van der Waals surface area contributed by atoms with Gasteiger partial charge in [-0.05, 0) is 9.39 Å². The Morgan fingerprint density at radius 2 is 2.20 bits per heavy atom. The average Bonchev–Trinajstić information content (AvgIpc) is 1.38. The number of hydrogen-bond acceptors (Lipinski definition) is 1. The molecule has 0 aliphatic carbocycles. The molecule has 0 saturated heterocycles. The van der Waals surface area contributed by atoms with Crippen LogP contribution in [0, 0.1) is 0 Å². The average molecular weight is 123 g/mol. The summed E-state index contributed by atoms with van der Waals surface area (Å²) in [6, 6.07) is 0. The van der Waals surface area contributed by atoms with Crippen molar-refractivity contribution in [2.24, 2.45) is 0 Å². The molecular weight excluding hydrogens is 120 g/mol. The second-order valence-corrected chi connectivity index (χ2v) is 3.60. The van der Waals surface area contributed by atoms with Crippen molar-refractivity contribution in [1.82, 2.24) is 4.11 Å². The fourth-order valence-corrected chi connectivity index (χ4v) is 0. The lowest BCUT2D eigenvalue weighted by atomic mass is 13.8. The third-order valence-corrected chi connectivity index (χ3v) is 0.885. The Hall–Kier alpha value is 0.707. The van der Waals surface area contributed by atoms with Crippen molar-refractivity contribution in [1.29, 1.82) is 0 Å². The number of nitrogens with zero attached hydrogens (tertiary/aromatic N) is 1. The quantitative estimate of drug-likeness (QED) is 0.364. The first-order chi connectivity index (χ1) is 2.27. The van der Waals surface area contributed by atoms with E-state index in [4.69, 9.17) is 0 Å². The first-order valence-electron chi connectivity index (χ1n) is 0.910. The molecule has 0 aliphatic heterocycles. The van der Waals surface area contributed by atoms with E-state index in [2.05, 4.69) is 19.8 Å². The van der Waals surface area contributed by atoms with Crippen LogP contribution in [0.4, 0.5) is 0 Å². The lowest BCUT2D eigenvalue weighted by molar-refractivity contribution is 0.591. The van der Waals surface area contributed by atoms with Crippen molar-refractivity contribution in [3.63, 3.8) is 0 Å². The molecule has 0 fully saturated rings. The summed E-state index contributed by atoms with van der Waals surface area (Å²) in [4.78, 5) is 0. The maximum atomic E-state index is 9.51. The molecule has 0 aromatic rings. The molecule has 0 rings (SSSR count). The predicted molar refractivity (Wildman–Crippen MR) is 26.3 cm³/mol. The molecule has 2 nitrogen and oxygen atoms in total. The highest BCUT2D eigenvalue weighted by atomic mass is 31.1. The second-order valence-electron chi connectivity index (χ2n) is 0.461. The Kier molecular flexibility index (Phi) is 3.33. The predicted octanol–water partition coefficient (Wildman–Crippen LogP) is 0.101. The Balaban J connectivity index is 2.83. The molecule has 5 heteroatoms. The van der Waals surface area contributed by atoms with Gasteiger partial charge in [-0.1, -0.05) is 4.57 Å². The molecule has 2 atom stereocenters. The van der Waals surface area contributed by atoms with Crippen LogP contribution in [0.1, 0.15) is 0 Å². The van der Waals surface area contributed by atoms with Crippen LogP contribution in [0.15, 0.2) is 0 Å². The Morgan fingerprint density at radius 3 is 2.20 bits per heavy atom. The normalized spacial score (nSPS) is 10.2. The lowest BCUT2D eigenvalue weighted by Crippen LogP contribution is -1.81. The first-order valence-corrected chi connectivity index (χ1v) is 2.73. The van der Waals surface area contributed by atoms with Gasteiger partial charge < -0.3 is 0 Å². The summed E-state index contributed by atoms with van der Waals surface area (Å²) in [5, 5.41) is 0. The van der Waals surface area contributed by atoms with E-state index in [0.717, 1.165) is 0 Å². The number of hydrogen-bond donors (Lipinski definition) is 0. The van der Waals surface area contributed by atoms with Crippen LogP contribution in [0.25, 0.3) is 0 Å². The summed E-state index contributed by atoms with van der Waals surface area (Å²) in [6.45, 7) is 0. The van der Waals surface area contributed by atoms with Crippen LogP contribution >= 0.6 is 18.0 Å². The summed E-state index contributed by atoms with van der Waals surface area (Å²) < 4.78 is 10.8. The van der Waals surface area contributed by atoms with Gasteiger partial charge in [0.05, 0.1) is 0 Å². The highest BCUT2D eigenvalue weighted by Crippen LogP contribution is 2.03. The Labute approximate surface area is 37.9 Å². The largest absolute Gasteiger partial charge is 0.415 e. The van der Waals surface area contributed by atoms with Gasteiger partial charge in [0.1, 0.15) is 0 Å². The van der Waals surface area contributed by atoms with Gasteiger partial charge in [-0.15, -0.1) is 4.11 Å². The third-order valence-electron chi connectivity index (χ3n) is 0.0983. The van der Waals surface area contributed by atoms with Crippen molar-refractivity contribution < 1.29 is 4.57 Å². The minimum Gasteiger partial charge on any atom is -0.119 e. The van der Waals surface area contributed by atoms with Crippen LogP contribution in [0.5, 0.6) is 0 Å². The van der Waals surface area contributed by atoms with Crippen molar-refractivity contribution in [3.8, 4) is 0 Å². The molecule has 5 heavy (non-hydrogen) atoms. The first kappa shape index (κ1) is 5.71. The van der Waals surface area contributed by atoms with Crippen LogP contribution in [0.2, 0.25) is 0 Å². The molecule has 0 saturated carbocycles. The minimum absolute atomic E-state index is 0.426. The molecule has 0 aliphatic rings. The van der Waals surface area contributed by atoms with E-state index in [1.165, 1.54) is 4.11 Å². The van der Waals surface area contributed by atoms with Crippen LogP contribution < -0.4 is 0 Å². The Morgan fingerprint density at radius 1 is 2.00 bits per heavy atom. The molecule has 0 heterocycles. The van der Waals surface area contributed by atoms with Gasteiger partial charge in [0.15, 0.2) is 0 Å². The van der Waals surface area contributed by atoms with Crippen LogP contribution in [-0.2, 0) is 4.57 Å². The molecule has 0 bridgehead atoms. The van der Waals surface area contributed by atoms with Crippen molar-refractivity contribution in [3.05, 3.63) is 0 Å². The smallest absolute Gasteiger partial charge is 0.119 e. The standard InChI is InChI=1S/H2NOP2Si/c2-4-1(3)5/h3H2/p+1. The van der Waals surface area contributed by atoms with Crippen LogP contribution in [-0.4, -0.2) is 14.5 Å². The highest BCUT2D eigenvalue weighted by Gasteiger charge is 1.86. The van der Waals surface area contributed by atoms with E-state index in [1.54, 1.807) is 0 Å². The molecule has 27 valence electrons. The molecule has 2 unspecified atom stereocenters. The maximum absolute atomic E-state index is 9.51. The molecule has 0 aromatic heterocycles. The summed E-state index contributed by atoms with van der Waals surface area (Å²) in [5.41, 5.74) is 0. The van der Waals surface area contributed by atoms with Gasteiger partial charge >= 0.3 is 8.61 Å². The van der Waals surface area contributed by atoms with Crippen molar-refractivity contribution >= 4 is 28.4 Å². The monoisotopic (exact) mass is 123 g/mol.